The van der Waals surface area contributed by atoms with Crippen molar-refractivity contribution in [1.29, 1.82) is 0 Å². The summed E-state index contributed by atoms with van der Waals surface area (Å²) in [6.07, 6.45) is 7.60. The molecule has 16 heavy (non-hydrogen) atoms. The first-order valence-corrected chi connectivity index (χ1v) is 7.10. The van der Waals surface area contributed by atoms with Gasteiger partial charge in [-0.2, -0.15) is 0 Å². The summed E-state index contributed by atoms with van der Waals surface area (Å²) in [6, 6.07) is 0. The summed E-state index contributed by atoms with van der Waals surface area (Å²) in [5, 5.41) is 6.93. The Hall–Kier alpha value is -0.0800. The molecular weight excluding hydrogens is 196 g/mol. The Labute approximate surface area is 99.6 Å². The Morgan fingerprint density at radius 2 is 1.69 bits per heavy atom. The van der Waals surface area contributed by atoms with E-state index in [2.05, 4.69) is 24.7 Å². The first-order valence-electron chi connectivity index (χ1n) is 7.10. The second kappa shape index (κ2) is 3.99. The van der Waals surface area contributed by atoms with Gasteiger partial charge < -0.3 is 10.6 Å². The van der Waals surface area contributed by atoms with Gasteiger partial charge in [0.25, 0.3) is 0 Å². The molecule has 2 N–H and O–H groups in total. The van der Waals surface area contributed by atoms with Crippen LogP contribution >= 0.6 is 0 Å². The van der Waals surface area contributed by atoms with Crippen LogP contribution in [0.2, 0.25) is 0 Å². The van der Waals surface area contributed by atoms with Gasteiger partial charge in [0.05, 0.1) is 0 Å². The molecule has 0 saturated heterocycles. The molecule has 0 heterocycles. The van der Waals surface area contributed by atoms with Crippen LogP contribution < -0.4 is 10.6 Å². The van der Waals surface area contributed by atoms with Crippen LogP contribution in [0.1, 0.15) is 32.1 Å². The minimum atomic E-state index is 0.577. The minimum absolute atomic E-state index is 0.577. The van der Waals surface area contributed by atoms with Crippen LogP contribution in [0, 0.1) is 29.1 Å². The minimum Gasteiger partial charge on any atom is -0.319 e. The maximum atomic E-state index is 3.47. The van der Waals surface area contributed by atoms with Gasteiger partial charge in [-0.05, 0) is 75.3 Å². The number of rotatable bonds is 4. The smallest absolute Gasteiger partial charge is 0.00199 e. The summed E-state index contributed by atoms with van der Waals surface area (Å²) < 4.78 is 0. The van der Waals surface area contributed by atoms with Crippen molar-refractivity contribution < 1.29 is 0 Å². The summed E-state index contributed by atoms with van der Waals surface area (Å²) >= 11 is 0. The van der Waals surface area contributed by atoms with Crippen LogP contribution in [0.25, 0.3) is 0 Å². The average molecular weight is 222 g/mol. The van der Waals surface area contributed by atoms with Crippen LogP contribution in [0.3, 0.4) is 0 Å². The lowest BCUT2D eigenvalue weighted by atomic mass is 9.68. The van der Waals surface area contributed by atoms with Crippen LogP contribution in [0.5, 0.6) is 0 Å². The highest BCUT2D eigenvalue weighted by Gasteiger charge is 2.59. The number of fused-ring (bicyclic) bond motifs is 5. The molecule has 0 radical (unpaired) electrons. The SMILES string of the molecule is CNCC1(CNC)CCC2C3CCC(C3)C21. The summed E-state index contributed by atoms with van der Waals surface area (Å²) in [4.78, 5) is 0. The summed E-state index contributed by atoms with van der Waals surface area (Å²) in [5.41, 5.74) is 0.577. The highest BCUT2D eigenvalue weighted by molar-refractivity contribution is 5.09. The first kappa shape index (κ1) is 11.0. The fourth-order valence-electron chi connectivity index (χ4n) is 5.58. The molecule has 3 aliphatic carbocycles. The fraction of sp³-hybridized carbons (Fsp3) is 1.00. The summed E-state index contributed by atoms with van der Waals surface area (Å²) in [7, 11) is 4.25. The first-order chi connectivity index (χ1) is 7.80. The van der Waals surface area contributed by atoms with E-state index in [1.54, 1.807) is 12.8 Å². The molecular formula is C14H26N2. The zero-order valence-electron chi connectivity index (χ0n) is 10.8. The van der Waals surface area contributed by atoms with Crippen molar-refractivity contribution in [3.63, 3.8) is 0 Å². The van der Waals surface area contributed by atoms with Crippen molar-refractivity contribution in [2.24, 2.45) is 29.1 Å². The van der Waals surface area contributed by atoms with Gasteiger partial charge in [-0.1, -0.05) is 0 Å². The second-order valence-corrected chi connectivity index (χ2v) is 6.48. The molecule has 2 bridgehead atoms. The number of nitrogens with one attached hydrogen (secondary N) is 2. The molecule has 0 aromatic rings. The Morgan fingerprint density at radius 1 is 1.00 bits per heavy atom. The van der Waals surface area contributed by atoms with Gasteiger partial charge in [-0.15, -0.1) is 0 Å². The largest absolute Gasteiger partial charge is 0.319 e. The molecule has 0 aliphatic heterocycles. The molecule has 2 heteroatoms. The van der Waals surface area contributed by atoms with Gasteiger partial charge in [0.2, 0.25) is 0 Å². The Morgan fingerprint density at radius 3 is 2.38 bits per heavy atom. The normalized spacial score (nSPS) is 43.9. The molecule has 0 aromatic carbocycles. The lowest BCUT2D eigenvalue weighted by molar-refractivity contribution is 0.113. The Balaban J connectivity index is 1.84. The van der Waals surface area contributed by atoms with Crippen LogP contribution in [0.15, 0.2) is 0 Å². The lowest BCUT2D eigenvalue weighted by Gasteiger charge is -2.40. The molecule has 4 unspecified atom stereocenters. The van der Waals surface area contributed by atoms with Crippen molar-refractivity contribution in [2.45, 2.75) is 32.1 Å². The zero-order chi connectivity index (χ0) is 11.2. The lowest BCUT2D eigenvalue weighted by Crippen LogP contribution is -2.46. The van der Waals surface area contributed by atoms with Gasteiger partial charge in [0.1, 0.15) is 0 Å². The van der Waals surface area contributed by atoms with Crippen LogP contribution in [0.4, 0.5) is 0 Å². The third-order valence-electron chi connectivity index (χ3n) is 5.83. The third-order valence-corrected chi connectivity index (χ3v) is 5.83. The van der Waals surface area contributed by atoms with E-state index in [4.69, 9.17) is 0 Å². The van der Waals surface area contributed by atoms with E-state index in [1.807, 2.05) is 0 Å². The standard InChI is InChI=1S/C14H26N2/c1-15-8-14(9-16-2)6-5-12-10-3-4-11(7-10)13(12)14/h10-13,15-16H,3-9H2,1-2H3. The predicted octanol–water partition coefficient (Wildman–Crippen LogP) is 1.87. The molecule has 92 valence electrons. The topological polar surface area (TPSA) is 24.1 Å². The van der Waals surface area contributed by atoms with E-state index >= 15 is 0 Å². The van der Waals surface area contributed by atoms with Crippen LogP contribution in [-0.4, -0.2) is 27.2 Å². The maximum absolute atomic E-state index is 3.47. The van der Waals surface area contributed by atoms with Gasteiger partial charge in [-0.3, -0.25) is 0 Å². The summed E-state index contributed by atoms with van der Waals surface area (Å²) in [5.74, 6) is 4.29. The van der Waals surface area contributed by atoms with Crippen molar-refractivity contribution >= 4 is 0 Å². The van der Waals surface area contributed by atoms with E-state index < -0.39 is 0 Å². The van der Waals surface area contributed by atoms with Crippen molar-refractivity contribution in [2.75, 3.05) is 27.2 Å². The zero-order valence-corrected chi connectivity index (χ0v) is 10.8. The number of hydrogen-bond acceptors (Lipinski definition) is 2. The molecule has 0 aromatic heterocycles. The maximum Gasteiger partial charge on any atom is 0.00199 e. The van der Waals surface area contributed by atoms with E-state index in [-0.39, 0.29) is 0 Å². The van der Waals surface area contributed by atoms with E-state index in [0.29, 0.717) is 5.41 Å². The summed E-state index contributed by atoms with van der Waals surface area (Å²) in [6.45, 7) is 2.44. The molecule has 3 saturated carbocycles. The third kappa shape index (κ3) is 1.39. The van der Waals surface area contributed by atoms with Crippen LogP contribution in [-0.2, 0) is 0 Å². The predicted molar refractivity (Wildman–Crippen MR) is 67.3 cm³/mol. The molecule has 2 nitrogen and oxygen atoms in total. The average Bonchev–Trinajstić information content (AvgIpc) is 2.92. The van der Waals surface area contributed by atoms with Gasteiger partial charge in [-0.25, -0.2) is 0 Å². The quantitative estimate of drug-likeness (QED) is 0.759. The Bertz CT molecular complexity index is 257. The second-order valence-electron chi connectivity index (χ2n) is 6.48. The highest BCUT2D eigenvalue weighted by Crippen LogP contribution is 2.64. The molecule has 3 fully saturated rings. The van der Waals surface area contributed by atoms with E-state index in [9.17, 15) is 0 Å². The number of hydrogen-bond donors (Lipinski definition) is 2. The van der Waals surface area contributed by atoms with Gasteiger partial charge >= 0.3 is 0 Å². The van der Waals surface area contributed by atoms with Crippen molar-refractivity contribution in [3.8, 4) is 0 Å². The van der Waals surface area contributed by atoms with Crippen molar-refractivity contribution in [3.05, 3.63) is 0 Å². The van der Waals surface area contributed by atoms with Gasteiger partial charge in [0, 0.05) is 13.1 Å². The van der Waals surface area contributed by atoms with E-state index in [0.717, 1.165) is 23.7 Å². The fourth-order valence-corrected chi connectivity index (χ4v) is 5.58. The van der Waals surface area contributed by atoms with Gasteiger partial charge in [0.15, 0.2) is 0 Å². The molecule has 3 rings (SSSR count). The van der Waals surface area contributed by atoms with Crippen molar-refractivity contribution in [1.82, 2.24) is 10.6 Å². The molecule has 4 atom stereocenters. The highest BCUT2D eigenvalue weighted by atomic mass is 14.9. The molecule has 0 amide bonds. The van der Waals surface area contributed by atoms with E-state index in [1.165, 1.54) is 32.4 Å². The molecule has 0 spiro atoms. The molecule has 3 aliphatic rings. The Kier molecular flexibility index (Phi) is 2.75. The monoisotopic (exact) mass is 222 g/mol.